The Morgan fingerprint density at radius 3 is 0.929 bits per heavy atom. The number of carbonyl (C=O) groups is 4. The number of ether oxygens (including phenoxy) is 4. The Labute approximate surface area is 328 Å². The van der Waals surface area contributed by atoms with Crippen LogP contribution in [0.5, 0.6) is 23.0 Å². The summed E-state index contributed by atoms with van der Waals surface area (Å²) in [4.78, 5) is 50.3. The van der Waals surface area contributed by atoms with E-state index in [-0.39, 0.29) is 37.6 Å². The van der Waals surface area contributed by atoms with Crippen LogP contribution in [0.3, 0.4) is 0 Å². The van der Waals surface area contributed by atoms with Gasteiger partial charge in [-0.3, -0.25) is 19.2 Å². The molecule has 0 radical (unpaired) electrons. The molecule has 0 amide bonds. The van der Waals surface area contributed by atoms with Crippen LogP contribution in [0.4, 0.5) is 0 Å². The Morgan fingerprint density at radius 1 is 0.375 bits per heavy atom. The SMILES string of the molecule is C#CCCCC(=O)Oc1ccc(-c2ccc(OC(=O)CCCC#C)cc2-c2cc(OC(=O)CCCC#C)ccc2-c2ccc(OC(=O)CCCC#C)cc2)cc1. The van der Waals surface area contributed by atoms with E-state index < -0.39 is 11.9 Å². The highest BCUT2D eigenvalue weighted by atomic mass is 16.5. The second-order valence-corrected chi connectivity index (χ2v) is 12.6. The zero-order valence-electron chi connectivity index (χ0n) is 31.1. The number of benzene rings is 4. The molecule has 0 aromatic heterocycles. The third-order valence-electron chi connectivity index (χ3n) is 8.34. The molecule has 4 rings (SSSR count). The van der Waals surface area contributed by atoms with Crippen molar-refractivity contribution in [2.24, 2.45) is 0 Å². The first-order valence-corrected chi connectivity index (χ1v) is 18.3. The van der Waals surface area contributed by atoms with E-state index in [9.17, 15) is 19.2 Å². The minimum atomic E-state index is -0.438. The van der Waals surface area contributed by atoms with E-state index in [0.717, 1.165) is 22.3 Å². The molecule has 0 fully saturated rings. The van der Waals surface area contributed by atoms with Gasteiger partial charge in [-0.05, 0) is 108 Å². The molecule has 8 heteroatoms. The molecule has 0 saturated heterocycles. The summed E-state index contributed by atoms with van der Waals surface area (Å²) in [5.74, 6) is 9.76. The molecule has 0 aliphatic heterocycles. The first kappa shape index (κ1) is 41.8. The fourth-order valence-electron chi connectivity index (χ4n) is 5.60. The molecule has 0 unspecified atom stereocenters. The number of rotatable bonds is 19. The summed E-state index contributed by atoms with van der Waals surface area (Å²) in [6.45, 7) is 0. The molecular formula is C48H42O8. The quantitative estimate of drug-likeness (QED) is 0.0405. The highest BCUT2D eigenvalue weighted by Crippen LogP contribution is 2.42. The van der Waals surface area contributed by atoms with Gasteiger partial charge in [-0.2, -0.15) is 0 Å². The van der Waals surface area contributed by atoms with Gasteiger partial charge in [-0.1, -0.05) is 36.4 Å². The van der Waals surface area contributed by atoms with Crippen molar-refractivity contribution in [2.75, 3.05) is 0 Å². The number of unbranched alkanes of at least 4 members (excludes halogenated alkanes) is 4. The lowest BCUT2D eigenvalue weighted by molar-refractivity contribution is -0.135. The summed E-state index contributed by atoms with van der Waals surface area (Å²) in [6.07, 6.45) is 25.9. The van der Waals surface area contributed by atoms with Crippen LogP contribution in [0.25, 0.3) is 33.4 Å². The summed E-state index contributed by atoms with van der Waals surface area (Å²) in [6, 6.07) is 24.6. The van der Waals surface area contributed by atoms with E-state index in [2.05, 4.69) is 23.7 Å². The second-order valence-electron chi connectivity index (χ2n) is 12.6. The van der Waals surface area contributed by atoms with Gasteiger partial charge < -0.3 is 18.9 Å². The van der Waals surface area contributed by atoms with Crippen molar-refractivity contribution < 1.29 is 38.1 Å². The molecule has 0 atom stereocenters. The predicted molar refractivity (Wildman–Crippen MR) is 216 cm³/mol. The van der Waals surface area contributed by atoms with Crippen molar-refractivity contribution in [3.05, 3.63) is 84.9 Å². The van der Waals surface area contributed by atoms with Gasteiger partial charge in [0.05, 0.1) is 0 Å². The van der Waals surface area contributed by atoms with Gasteiger partial charge in [0.25, 0.3) is 0 Å². The highest BCUT2D eigenvalue weighted by Gasteiger charge is 2.19. The van der Waals surface area contributed by atoms with Crippen molar-refractivity contribution in [2.45, 2.75) is 77.0 Å². The molecule has 0 saturated carbocycles. The zero-order valence-corrected chi connectivity index (χ0v) is 31.1. The van der Waals surface area contributed by atoms with E-state index in [1.54, 1.807) is 48.5 Å². The van der Waals surface area contributed by atoms with Gasteiger partial charge in [-0.15, -0.1) is 49.4 Å². The highest BCUT2D eigenvalue weighted by molar-refractivity contribution is 5.93. The standard InChI is InChI=1S/C48H42O8/c1-5-9-13-17-45(49)53-37-25-21-35(22-26-37)41-31-29-39(55-47(51)19-15-11-7-3)33-43(41)44-34-40(56-48(52)20-16-12-8-4)30-32-42(44)36-23-27-38(28-24-36)54-46(50)18-14-10-6-2/h1-4,21-34H,9-20H2. The number of hydrogen-bond acceptors (Lipinski definition) is 8. The zero-order chi connectivity index (χ0) is 40.1. The number of carbonyl (C=O) groups excluding carboxylic acids is 4. The maximum atomic E-state index is 12.8. The smallest absolute Gasteiger partial charge is 0.311 e. The van der Waals surface area contributed by atoms with Gasteiger partial charge >= 0.3 is 23.9 Å². The lowest BCUT2D eigenvalue weighted by atomic mass is 9.89. The van der Waals surface area contributed by atoms with Crippen LogP contribution >= 0.6 is 0 Å². The molecule has 56 heavy (non-hydrogen) atoms. The maximum Gasteiger partial charge on any atom is 0.311 e. The Kier molecular flexibility index (Phi) is 16.6. The fraction of sp³-hybridized carbons (Fsp3) is 0.250. The Balaban J connectivity index is 1.79. The van der Waals surface area contributed by atoms with Crippen LogP contribution in [0.2, 0.25) is 0 Å². The molecule has 0 heterocycles. The van der Waals surface area contributed by atoms with Crippen LogP contribution in [0, 0.1) is 49.4 Å². The molecule has 0 bridgehead atoms. The summed E-state index contributed by atoms with van der Waals surface area (Å²) in [7, 11) is 0. The first-order valence-electron chi connectivity index (χ1n) is 18.3. The Bertz CT molecular complexity index is 2010. The molecule has 282 valence electrons. The van der Waals surface area contributed by atoms with Gasteiger partial charge in [0.15, 0.2) is 0 Å². The van der Waals surface area contributed by atoms with Gasteiger partial charge in [-0.25, -0.2) is 0 Å². The maximum absolute atomic E-state index is 12.8. The summed E-state index contributed by atoms with van der Waals surface area (Å²) in [5.41, 5.74) is 4.27. The van der Waals surface area contributed by atoms with Crippen molar-refractivity contribution in [1.29, 1.82) is 0 Å². The van der Waals surface area contributed by atoms with Gasteiger partial charge in [0, 0.05) is 51.4 Å². The number of hydrogen-bond donors (Lipinski definition) is 0. The third kappa shape index (κ3) is 13.1. The Hall–Kier alpha value is -7.00. The van der Waals surface area contributed by atoms with Crippen LogP contribution in [-0.4, -0.2) is 23.9 Å². The van der Waals surface area contributed by atoms with Crippen molar-refractivity contribution in [1.82, 2.24) is 0 Å². The van der Waals surface area contributed by atoms with E-state index in [1.807, 2.05) is 36.4 Å². The predicted octanol–water partition coefficient (Wildman–Crippen LogP) is 9.52. The number of terminal acetylenes is 4. The monoisotopic (exact) mass is 746 g/mol. The lowest BCUT2D eigenvalue weighted by Gasteiger charge is -2.18. The lowest BCUT2D eigenvalue weighted by Crippen LogP contribution is -2.08. The molecule has 0 N–H and O–H groups in total. The summed E-state index contributed by atoms with van der Waals surface area (Å²) >= 11 is 0. The van der Waals surface area contributed by atoms with Crippen molar-refractivity contribution >= 4 is 23.9 Å². The van der Waals surface area contributed by atoms with E-state index in [1.165, 1.54) is 0 Å². The van der Waals surface area contributed by atoms with Crippen LogP contribution in [-0.2, 0) is 19.2 Å². The third-order valence-corrected chi connectivity index (χ3v) is 8.34. The van der Waals surface area contributed by atoms with E-state index >= 15 is 0 Å². The average molecular weight is 747 g/mol. The molecule has 0 aliphatic carbocycles. The molecule has 4 aromatic rings. The van der Waals surface area contributed by atoms with Gasteiger partial charge in [0.1, 0.15) is 23.0 Å². The molecule has 8 nitrogen and oxygen atoms in total. The summed E-state index contributed by atoms with van der Waals surface area (Å²) < 4.78 is 22.6. The van der Waals surface area contributed by atoms with Gasteiger partial charge in [0.2, 0.25) is 0 Å². The van der Waals surface area contributed by atoms with E-state index in [0.29, 0.717) is 85.5 Å². The molecule has 0 aliphatic rings. The molecule has 4 aromatic carbocycles. The van der Waals surface area contributed by atoms with Crippen molar-refractivity contribution in [3.63, 3.8) is 0 Å². The second kappa shape index (κ2) is 22.3. The van der Waals surface area contributed by atoms with E-state index in [4.69, 9.17) is 44.6 Å². The minimum absolute atomic E-state index is 0.140. The normalized spacial score (nSPS) is 10.1. The Morgan fingerprint density at radius 2 is 0.643 bits per heavy atom. The largest absolute Gasteiger partial charge is 0.427 e. The van der Waals surface area contributed by atoms with Crippen LogP contribution in [0.1, 0.15) is 77.0 Å². The molecular weight excluding hydrogens is 705 g/mol. The fourth-order valence-corrected chi connectivity index (χ4v) is 5.60. The average Bonchev–Trinajstić information content (AvgIpc) is 3.19. The summed E-state index contributed by atoms with van der Waals surface area (Å²) in [5, 5.41) is 0. The molecule has 0 spiro atoms. The first-order chi connectivity index (χ1) is 27.2. The number of esters is 4. The van der Waals surface area contributed by atoms with Crippen molar-refractivity contribution in [3.8, 4) is 106 Å². The van der Waals surface area contributed by atoms with Crippen LogP contribution < -0.4 is 18.9 Å². The van der Waals surface area contributed by atoms with Crippen LogP contribution in [0.15, 0.2) is 84.9 Å². The topological polar surface area (TPSA) is 105 Å². The minimum Gasteiger partial charge on any atom is -0.427 e.